The Hall–Kier alpha value is -2.11. The number of carbonyl (C=O) groups is 3. The van der Waals surface area contributed by atoms with Gasteiger partial charge in [0.05, 0.1) is 0 Å². The summed E-state index contributed by atoms with van der Waals surface area (Å²) in [7, 11) is 0. The standard InChI is InChI=1S/C63H118O6/c1-4-7-10-13-16-19-22-24-26-28-30-31-33-35-37-39-42-45-48-51-54-57-63(66)69-60(58-67-61(64)55-52-49-46-43-40-21-18-15-12-9-6-3)59-68-62(65)56-53-50-47-44-41-38-36-34-32-29-27-25-23-20-17-14-11-8-5-2/h15,18,25,27,60H,4-14,16-17,19-24,26,28-59H2,1-3H3/b18-15-,27-25-/t60-/m0/s1. The maximum Gasteiger partial charge on any atom is 0.306 e. The van der Waals surface area contributed by atoms with E-state index in [1.807, 2.05) is 0 Å². The Morgan fingerprint density at radius 3 is 0.768 bits per heavy atom. The zero-order chi connectivity index (χ0) is 50.0. The summed E-state index contributed by atoms with van der Waals surface area (Å²) in [5.74, 6) is -0.859. The number of carbonyl (C=O) groups excluding carboxylic acids is 3. The first-order valence-electron chi connectivity index (χ1n) is 30.8. The molecule has 6 nitrogen and oxygen atoms in total. The molecular formula is C63H118O6. The molecule has 0 aromatic carbocycles. The molecule has 0 aliphatic carbocycles. The minimum atomic E-state index is -0.771. The van der Waals surface area contributed by atoms with E-state index in [0.717, 1.165) is 64.2 Å². The molecule has 0 fully saturated rings. The van der Waals surface area contributed by atoms with Gasteiger partial charge >= 0.3 is 17.9 Å². The second-order valence-electron chi connectivity index (χ2n) is 21.0. The molecule has 406 valence electrons. The fraction of sp³-hybridized carbons (Fsp3) is 0.889. The van der Waals surface area contributed by atoms with Crippen LogP contribution >= 0.6 is 0 Å². The van der Waals surface area contributed by atoms with Crippen molar-refractivity contribution in [2.75, 3.05) is 13.2 Å². The van der Waals surface area contributed by atoms with Crippen LogP contribution in [0.5, 0.6) is 0 Å². The Bertz CT molecular complexity index is 1110. The molecule has 0 spiro atoms. The van der Waals surface area contributed by atoms with Gasteiger partial charge in [0.15, 0.2) is 6.10 Å². The Morgan fingerprint density at radius 2 is 0.493 bits per heavy atom. The van der Waals surface area contributed by atoms with Crippen molar-refractivity contribution in [3.63, 3.8) is 0 Å². The van der Waals surface area contributed by atoms with Gasteiger partial charge in [0.2, 0.25) is 0 Å². The van der Waals surface area contributed by atoms with E-state index in [2.05, 4.69) is 45.1 Å². The molecule has 0 radical (unpaired) electrons. The van der Waals surface area contributed by atoms with E-state index in [1.54, 1.807) is 0 Å². The van der Waals surface area contributed by atoms with Crippen molar-refractivity contribution in [3.05, 3.63) is 24.3 Å². The number of rotatable bonds is 57. The van der Waals surface area contributed by atoms with Crippen LogP contribution in [0.4, 0.5) is 0 Å². The predicted octanol–water partition coefficient (Wildman–Crippen LogP) is 20.7. The quantitative estimate of drug-likeness (QED) is 0.0261. The summed E-state index contributed by atoms with van der Waals surface area (Å²) < 4.78 is 16.9. The molecule has 0 bridgehead atoms. The molecule has 0 N–H and O–H groups in total. The molecule has 6 heteroatoms. The van der Waals surface area contributed by atoms with Crippen molar-refractivity contribution >= 4 is 17.9 Å². The van der Waals surface area contributed by atoms with Crippen LogP contribution in [0.3, 0.4) is 0 Å². The minimum Gasteiger partial charge on any atom is -0.462 e. The van der Waals surface area contributed by atoms with Gasteiger partial charge in [0.1, 0.15) is 13.2 Å². The number of ether oxygens (including phenoxy) is 3. The Balaban J connectivity index is 4.25. The molecule has 0 aromatic rings. The van der Waals surface area contributed by atoms with E-state index in [4.69, 9.17) is 14.2 Å². The lowest BCUT2D eigenvalue weighted by Crippen LogP contribution is -2.30. The highest BCUT2D eigenvalue weighted by molar-refractivity contribution is 5.71. The lowest BCUT2D eigenvalue weighted by molar-refractivity contribution is -0.167. The van der Waals surface area contributed by atoms with Crippen LogP contribution in [0, 0.1) is 0 Å². The third kappa shape index (κ3) is 56.7. The number of esters is 3. The molecule has 0 saturated heterocycles. The van der Waals surface area contributed by atoms with Gasteiger partial charge in [-0.05, 0) is 64.2 Å². The molecule has 0 saturated carbocycles. The average molecular weight is 972 g/mol. The fourth-order valence-electron chi connectivity index (χ4n) is 9.25. The first-order valence-corrected chi connectivity index (χ1v) is 30.8. The fourth-order valence-corrected chi connectivity index (χ4v) is 9.25. The summed E-state index contributed by atoms with van der Waals surface area (Å²) in [6, 6.07) is 0. The van der Waals surface area contributed by atoms with Gasteiger partial charge in [-0.3, -0.25) is 14.4 Å². The SMILES string of the molecule is CCCC/C=C\CCCCCCCC(=O)OC[C@@H](COC(=O)CCCCCCCCCCC/C=C\CCCCCCCC)OC(=O)CCCCCCCCCCCCCCCCCCCCCCC. The highest BCUT2D eigenvalue weighted by atomic mass is 16.6. The first kappa shape index (κ1) is 66.9. The molecule has 0 amide bonds. The van der Waals surface area contributed by atoms with Crippen LogP contribution in [-0.4, -0.2) is 37.2 Å². The largest absolute Gasteiger partial charge is 0.462 e. The second kappa shape index (κ2) is 58.5. The van der Waals surface area contributed by atoms with Crippen molar-refractivity contribution in [2.24, 2.45) is 0 Å². The smallest absolute Gasteiger partial charge is 0.306 e. The normalized spacial score (nSPS) is 12.1. The highest BCUT2D eigenvalue weighted by Gasteiger charge is 2.19. The van der Waals surface area contributed by atoms with Gasteiger partial charge in [0.25, 0.3) is 0 Å². The monoisotopic (exact) mass is 971 g/mol. The summed E-state index contributed by atoms with van der Waals surface area (Å²) in [5, 5.41) is 0. The van der Waals surface area contributed by atoms with E-state index in [9.17, 15) is 14.4 Å². The number of hydrogen-bond acceptors (Lipinski definition) is 6. The molecule has 69 heavy (non-hydrogen) atoms. The molecular weight excluding hydrogens is 853 g/mol. The van der Waals surface area contributed by atoms with Gasteiger partial charge < -0.3 is 14.2 Å². The Morgan fingerprint density at radius 1 is 0.275 bits per heavy atom. The first-order chi connectivity index (χ1) is 34.0. The topological polar surface area (TPSA) is 78.9 Å². The van der Waals surface area contributed by atoms with Crippen LogP contribution in [0.1, 0.15) is 342 Å². The molecule has 0 aliphatic heterocycles. The van der Waals surface area contributed by atoms with Crippen LogP contribution in [0.15, 0.2) is 24.3 Å². The van der Waals surface area contributed by atoms with Crippen LogP contribution in [0.2, 0.25) is 0 Å². The van der Waals surface area contributed by atoms with Crippen LogP contribution < -0.4 is 0 Å². The Labute approximate surface area is 430 Å². The zero-order valence-corrected chi connectivity index (χ0v) is 46.6. The Kier molecular flexibility index (Phi) is 56.7. The van der Waals surface area contributed by atoms with Crippen molar-refractivity contribution in [1.29, 1.82) is 0 Å². The predicted molar refractivity (Wildman–Crippen MR) is 298 cm³/mol. The summed E-state index contributed by atoms with van der Waals surface area (Å²) in [6.45, 7) is 6.65. The molecule has 0 aromatic heterocycles. The summed E-state index contributed by atoms with van der Waals surface area (Å²) in [5.41, 5.74) is 0. The van der Waals surface area contributed by atoms with Crippen LogP contribution in [0.25, 0.3) is 0 Å². The second-order valence-corrected chi connectivity index (χ2v) is 21.0. The summed E-state index contributed by atoms with van der Waals surface area (Å²) in [6.07, 6.45) is 69.0. The van der Waals surface area contributed by atoms with E-state index in [-0.39, 0.29) is 31.1 Å². The van der Waals surface area contributed by atoms with E-state index >= 15 is 0 Å². The highest BCUT2D eigenvalue weighted by Crippen LogP contribution is 2.17. The van der Waals surface area contributed by atoms with Crippen LogP contribution in [-0.2, 0) is 28.6 Å². The van der Waals surface area contributed by atoms with Crippen molar-refractivity contribution in [1.82, 2.24) is 0 Å². The molecule has 0 aliphatic rings. The summed E-state index contributed by atoms with van der Waals surface area (Å²) in [4.78, 5) is 38.2. The number of unbranched alkanes of at least 4 members (excludes halogenated alkanes) is 42. The molecule has 0 rings (SSSR count). The van der Waals surface area contributed by atoms with Gasteiger partial charge in [-0.2, -0.15) is 0 Å². The molecule has 1 atom stereocenters. The molecule has 0 heterocycles. The lowest BCUT2D eigenvalue weighted by Gasteiger charge is -2.18. The third-order valence-corrected chi connectivity index (χ3v) is 13.9. The van der Waals surface area contributed by atoms with Crippen molar-refractivity contribution < 1.29 is 28.6 Å². The maximum absolute atomic E-state index is 12.9. The zero-order valence-electron chi connectivity index (χ0n) is 46.6. The number of allylic oxidation sites excluding steroid dienone is 4. The van der Waals surface area contributed by atoms with Gasteiger partial charge in [-0.1, -0.05) is 283 Å². The lowest BCUT2D eigenvalue weighted by atomic mass is 10.0. The van der Waals surface area contributed by atoms with E-state index in [1.165, 1.54) is 238 Å². The van der Waals surface area contributed by atoms with Gasteiger partial charge in [0, 0.05) is 19.3 Å². The minimum absolute atomic E-state index is 0.0705. The van der Waals surface area contributed by atoms with E-state index in [0.29, 0.717) is 19.3 Å². The maximum atomic E-state index is 12.9. The third-order valence-electron chi connectivity index (χ3n) is 13.9. The average Bonchev–Trinajstić information content (AvgIpc) is 3.35. The number of hydrogen-bond donors (Lipinski definition) is 0. The van der Waals surface area contributed by atoms with Crippen molar-refractivity contribution in [3.8, 4) is 0 Å². The molecule has 0 unspecified atom stereocenters. The summed E-state index contributed by atoms with van der Waals surface area (Å²) >= 11 is 0. The van der Waals surface area contributed by atoms with Crippen molar-refractivity contribution in [2.45, 2.75) is 348 Å². The van der Waals surface area contributed by atoms with Gasteiger partial charge in [-0.15, -0.1) is 0 Å². The van der Waals surface area contributed by atoms with Gasteiger partial charge in [-0.25, -0.2) is 0 Å². The van der Waals surface area contributed by atoms with E-state index < -0.39 is 6.10 Å².